The van der Waals surface area contributed by atoms with E-state index in [0.29, 0.717) is 42.7 Å². The van der Waals surface area contributed by atoms with E-state index in [-0.39, 0.29) is 0 Å². The van der Waals surface area contributed by atoms with Crippen LogP contribution in [0.25, 0.3) is 10.9 Å². The topological polar surface area (TPSA) is 75.3 Å². The quantitative estimate of drug-likeness (QED) is 0.738. The molecular weight excluding hydrogens is 336 g/mol. The van der Waals surface area contributed by atoms with Crippen LogP contribution in [-0.2, 0) is 5.60 Å². The second kappa shape index (κ2) is 6.17. The highest BCUT2D eigenvalue weighted by Crippen LogP contribution is 2.37. The number of anilines is 2. The van der Waals surface area contributed by atoms with E-state index in [1.54, 1.807) is 0 Å². The molecule has 4 rings (SSSR count). The van der Waals surface area contributed by atoms with E-state index in [0.717, 1.165) is 16.5 Å². The Morgan fingerprint density at radius 2 is 1.68 bits per heavy atom. The largest absolute Gasteiger partial charge is 0.385 e. The van der Waals surface area contributed by atoms with Gasteiger partial charge in [0.2, 0.25) is 5.95 Å². The standard InChI is InChI=1S/C19H19ClN4O/c20-15-7-3-2-6-14(15)19(25)9-11-24(12-10-19)18-22-16-8-4-1-5-13(16)17(21)23-18/h1-8,25H,9-12H2,(H2,21,22,23). The molecule has 3 aromatic rings. The smallest absolute Gasteiger partial charge is 0.227 e. The number of nitrogens with two attached hydrogens (primary N) is 1. The summed E-state index contributed by atoms with van der Waals surface area (Å²) in [7, 11) is 0. The molecule has 2 heterocycles. The molecule has 0 saturated carbocycles. The summed E-state index contributed by atoms with van der Waals surface area (Å²) in [6.45, 7) is 1.28. The minimum Gasteiger partial charge on any atom is -0.385 e. The van der Waals surface area contributed by atoms with Gasteiger partial charge >= 0.3 is 0 Å². The first-order chi connectivity index (χ1) is 12.1. The average Bonchev–Trinajstić information content (AvgIpc) is 2.62. The molecule has 25 heavy (non-hydrogen) atoms. The van der Waals surface area contributed by atoms with Crippen molar-refractivity contribution in [1.29, 1.82) is 0 Å². The molecule has 1 fully saturated rings. The lowest BCUT2D eigenvalue weighted by Gasteiger charge is -2.39. The highest BCUT2D eigenvalue weighted by Gasteiger charge is 2.36. The van der Waals surface area contributed by atoms with E-state index in [1.807, 2.05) is 48.5 Å². The molecule has 2 aromatic carbocycles. The summed E-state index contributed by atoms with van der Waals surface area (Å²) in [5, 5.41) is 12.5. The fraction of sp³-hybridized carbons (Fsp3) is 0.263. The van der Waals surface area contributed by atoms with Gasteiger partial charge in [-0.2, -0.15) is 4.98 Å². The van der Waals surface area contributed by atoms with Crippen molar-refractivity contribution in [2.75, 3.05) is 23.7 Å². The molecule has 0 atom stereocenters. The Balaban J connectivity index is 1.59. The lowest BCUT2D eigenvalue weighted by Crippen LogP contribution is -2.43. The first kappa shape index (κ1) is 16.1. The molecule has 0 unspecified atom stereocenters. The zero-order chi connectivity index (χ0) is 17.4. The van der Waals surface area contributed by atoms with Gasteiger partial charge in [0.1, 0.15) is 5.82 Å². The van der Waals surface area contributed by atoms with E-state index in [9.17, 15) is 5.11 Å². The van der Waals surface area contributed by atoms with Crippen LogP contribution in [-0.4, -0.2) is 28.2 Å². The second-order valence-corrected chi connectivity index (χ2v) is 6.83. The molecule has 0 aliphatic carbocycles. The van der Waals surface area contributed by atoms with Crippen LogP contribution < -0.4 is 10.6 Å². The van der Waals surface area contributed by atoms with Gasteiger partial charge in [0, 0.05) is 29.1 Å². The molecular formula is C19H19ClN4O. The van der Waals surface area contributed by atoms with Crippen molar-refractivity contribution in [3.63, 3.8) is 0 Å². The van der Waals surface area contributed by atoms with Crippen LogP contribution in [0.3, 0.4) is 0 Å². The van der Waals surface area contributed by atoms with E-state index in [4.69, 9.17) is 17.3 Å². The number of hydrogen-bond donors (Lipinski definition) is 2. The third-order valence-electron chi connectivity index (χ3n) is 4.87. The van der Waals surface area contributed by atoms with Crippen molar-refractivity contribution in [2.45, 2.75) is 18.4 Å². The van der Waals surface area contributed by atoms with E-state index >= 15 is 0 Å². The Bertz CT molecular complexity index is 922. The zero-order valence-corrected chi connectivity index (χ0v) is 14.4. The first-order valence-corrected chi connectivity index (χ1v) is 8.69. The first-order valence-electron chi connectivity index (χ1n) is 8.31. The van der Waals surface area contributed by atoms with Gasteiger partial charge in [-0.25, -0.2) is 4.98 Å². The van der Waals surface area contributed by atoms with Crippen molar-refractivity contribution in [1.82, 2.24) is 9.97 Å². The average molecular weight is 355 g/mol. The molecule has 1 saturated heterocycles. The molecule has 0 bridgehead atoms. The summed E-state index contributed by atoms with van der Waals surface area (Å²) in [6, 6.07) is 15.2. The number of fused-ring (bicyclic) bond motifs is 1. The number of hydrogen-bond acceptors (Lipinski definition) is 5. The number of aliphatic hydroxyl groups is 1. The monoisotopic (exact) mass is 354 g/mol. The lowest BCUT2D eigenvalue weighted by atomic mass is 9.84. The van der Waals surface area contributed by atoms with Crippen molar-refractivity contribution in [3.8, 4) is 0 Å². The van der Waals surface area contributed by atoms with E-state index < -0.39 is 5.60 Å². The fourth-order valence-corrected chi connectivity index (χ4v) is 3.73. The summed E-state index contributed by atoms with van der Waals surface area (Å²) >= 11 is 6.27. The van der Waals surface area contributed by atoms with Gasteiger partial charge in [-0.05, 0) is 31.0 Å². The molecule has 0 spiro atoms. The fourth-order valence-electron chi connectivity index (χ4n) is 3.41. The van der Waals surface area contributed by atoms with Gasteiger partial charge in [-0.1, -0.05) is 41.9 Å². The molecule has 0 amide bonds. The Kier molecular flexibility index (Phi) is 3.98. The molecule has 1 aliphatic rings. The highest BCUT2D eigenvalue weighted by molar-refractivity contribution is 6.31. The third-order valence-corrected chi connectivity index (χ3v) is 5.20. The second-order valence-electron chi connectivity index (χ2n) is 6.42. The van der Waals surface area contributed by atoms with Crippen LogP contribution in [0.4, 0.5) is 11.8 Å². The molecule has 1 aromatic heterocycles. The summed E-state index contributed by atoms with van der Waals surface area (Å²) in [5.41, 5.74) is 6.78. The number of piperidine rings is 1. The van der Waals surface area contributed by atoms with Crippen LogP contribution in [0.1, 0.15) is 18.4 Å². The van der Waals surface area contributed by atoms with E-state index in [1.165, 1.54) is 0 Å². The van der Waals surface area contributed by atoms with Crippen molar-refractivity contribution < 1.29 is 5.11 Å². The summed E-state index contributed by atoms with van der Waals surface area (Å²) in [6.07, 6.45) is 1.12. The number of nitrogen functional groups attached to an aromatic ring is 1. The lowest BCUT2D eigenvalue weighted by molar-refractivity contribution is 0.0116. The Morgan fingerprint density at radius 3 is 2.44 bits per heavy atom. The maximum absolute atomic E-state index is 11.0. The number of aromatic nitrogens is 2. The molecule has 1 aliphatic heterocycles. The summed E-state index contributed by atoms with van der Waals surface area (Å²) < 4.78 is 0. The molecule has 5 nitrogen and oxygen atoms in total. The Morgan fingerprint density at radius 1 is 1.00 bits per heavy atom. The Hall–Kier alpha value is -2.37. The van der Waals surface area contributed by atoms with Crippen LogP contribution >= 0.6 is 11.6 Å². The predicted molar refractivity (Wildman–Crippen MR) is 101 cm³/mol. The maximum atomic E-state index is 11.0. The normalized spacial score (nSPS) is 17.0. The van der Waals surface area contributed by atoms with Crippen molar-refractivity contribution in [2.24, 2.45) is 0 Å². The third kappa shape index (κ3) is 2.90. The number of para-hydroxylation sites is 1. The SMILES string of the molecule is Nc1nc(N2CCC(O)(c3ccccc3Cl)CC2)nc2ccccc12. The van der Waals surface area contributed by atoms with Crippen LogP contribution in [0.15, 0.2) is 48.5 Å². The molecule has 128 valence electrons. The predicted octanol–water partition coefficient (Wildman–Crippen LogP) is 3.35. The van der Waals surface area contributed by atoms with Gasteiger partial charge in [0.15, 0.2) is 0 Å². The van der Waals surface area contributed by atoms with Gasteiger partial charge in [-0.15, -0.1) is 0 Å². The zero-order valence-electron chi connectivity index (χ0n) is 13.7. The van der Waals surface area contributed by atoms with Gasteiger partial charge < -0.3 is 15.7 Å². The van der Waals surface area contributed by atoms with Crippen LogP contribution in [0.2, 0.25) is 5.02 Å². The minimum atomic E-state index is -0.919. The van der Waals surface area contributed by atoms with E-state index in [2.05, 4.69) is 14.9 Å². The van der Waals surface area contributed by atoms with Gasteiger partial charge in [0.25, 0.3) is 0 Å². The molecule has 0 radical (unpaired) electrons. The number of halogens is 1. The number of benzene rings is 2. The molecule has 3 N–H and O–H groups in total. The summed E-state index contributed by atoms with van der Waals surface area (Å²) in [4.78, 5) is 11.1. The maximum Gasteiger partial charge on any atom is 0.227 e. The van der Waals surface area contributed by atoms with Gasteiger partial charge in [-0.3, -0.25) is 0 Å². The number of nitrogens with zero attached hydrogens (tertiary/aromatic N) is 3. The minimum absolute atomic E-state index is 0.479. The number of rotatable bonds is 2. The van der Waals surface area contributed by atoms with Crippen molar-refractivity contribution >= 4 is 34.3 Å². The Labute approximate surface area is 151 Å². The molecule has 6 heteroatoms. The highest BCUT2D eigenvalue weighted by atomic mass is 35.5. The van der Waals surface area contributed by atoms with Crippen LogP contribution in [0.5, 0.6) is 0 Å². The summed E-state index contributed by atoms with van der Waals surface area (Å²) in [5.74, 6) is 1.09. The van der Waals surface area contributed by atoms with Crippen molar-refractivity contribution in [3.05, 3.63) is 59.1 Å². The van der Waals surface area contributed by atoms with Crippen LogP contribution in [0, 0.1) is 0 Å². The van der Waals surface area contributed by atoms with Gasteiger partial charge in [0.05, 0.1) is 11.1 Å².